The topological polar surface area (TPSA) is 51.2 Å². The van der Waals surface area contributed by atoms with E-state index in [0.717, 1.165) is 19.3 Å². The van der Waals surface area contributed by atoms with Gasteiger partial charge >= 0.3 is 0 Å². The maximum absolute atomic E-state index is 14.1. The largest absolute Gasteiger partial charge is 0.494 e. The second kappa shape index (κ2) is 7.75. The Kier molecular flexibility index (Phi) is 5.45. The van der Waals surface area contributed by atoms with Crippen LogP contribution in [-0.2, 0) is 4.79 Å². The van der Waals surface area contributed by atoms with Crippen LogP contribution in [0.4, 0.5) is 9.52 Å². The van der Waals surface area contributed by atoms with Crippen LogP contribution < -0.4 is 10.1 Å². The fourth-order valence-electron chi connectivity index (χ4n) is 3.35. The van der Waals surface area contributed by atoms with Crippen LogP contribution in [0.2, 0.25) is 0 Å². The minimum atomic E-state index is -0.437. The number of halogens is 1. The molecule has 6 heteroatoms. The molecule has 1 unspecified atom stereocenters. The number of thiazole rings is 1. The molecule has 1 N–H and O–H groups in total. The van der Waals surface area contributed by atoms with Crippen molar-refractivity contribution >= 4 is 22.4 Å². The Balaban J connectivity index is 1.82. The van der Waals surface area contributed by atoms with Gasteiger partial charge in [-0.05, 0) is 30.0 Å². The van der Waals surface area contributed by atoms with Gasteiger partial charge in [-0.25, -0.2) is 9.37 Å². The Hall–Kier alpha value is -1.95. The van der Waals surface area contributed by atoms with E-state index in [1.165, 1.54) is 37.4 Å². The Morgan fingerprint density at radius 3 is 2.88 bits per heavy atom. The van der Waals surface area contributed by atoms with Crippen LogP contribution in [0.25, 0.3) is 0 Å². The number of nitrogens with zero attached hydrogens (tertiary/aromatic N) is 1. The third-order valence-corrected chi connectivity index (χ3v) is 5.29. The average Bonchev–Trinajstić information content (AvgIpc) is 3.26. The second-order valence-corrected chi connectivity index (χ2v) is 7.05. The highest BCUT2D eigenvalue weighted by Crippen LogP contribution is 2.36. The van der Waals surface area contributed by atoms with E-state index in [0.29, 0.717) is 16.6 Å². The molecule has 2 aromatic rings. The first-order chi connectivity index (χ1) is 11.7. The van der Waals surface area contributed by atoms with Gasteiger partial charge in [0.2, 0.25) is 5.91 Å². The maximum Gasteiger partial charge on any atom is 0.233 e. The van der Waals surface area contributed by atoms with Gasteiger partial charge in [0.1, 0.15) is 0 Å². The number of ether oxygens (including phenoxy) is 1. The summed E-state index contributed by atoms with van der Waals surface area (Å²) in [5.41, 5.74) is 0.689. The minimum absolute atomic E-state index is 0.124. The van der Waals surface area contributed by atoms with Crippen molar-refractivity contribution in [1.82, 2.24) is 4.98 Å². The van der Waals surface area contributed by atoms with Crippen LogP contribution in [-0.4, -0.2) is 18.0 Å². The molecule has 0 bridgehead atoms. The van der Waals surface area contributed by atoms with E-state index >= 15 is 0 Å². The molecule has 3 rings (SSSR count). The highest BCUT2D eigenvalue weighted by atomic mass is 32.1. The van der Waals surface area contributed by atoms with Crippen molar-refractivity contribution in [3.8, 4) is 5.75 Å². The monoisotopic (exact) mass is 348 g/mol. The zero-order chi connectivity index (χ0) is 16.9. The van der Waals surface area contributed by atoms with Crippen LogP contribution in [0, 0.1) is 11.7 Å². The van der Waals surface area contributed by atoms with Gasteiger partial charge < -0.3 is 10.1 Å². The molecule has 4 nitrogen and oxygen atoms in total. The molecular formula is C18H21FN2O2S. The standard InChI is InChI=1S/C18H21FN2O2S/c1-23-16-7-6-13(11-15(16)19)14(10-12-4-2-3-5-12)17(22)21-18-20-8-9-24-18/h6-9,11-12,14H,2-5,10H2,1H3,(H,20,21,22). The van der Waals surface area contributed by atoms with Gasteiger partial charge in [0, 0.05) is 11.6 Å². The van der Waals surface area contributed by atoms with Crippen molar-refractivity contribution in [2.45, 2.75) is 38.0 Å². The molecule has 1 aromatic heterocycles. The van der Waals surface area contributed by atoms with Crippen LogP contribution in [0.3, 0.4) is 0 Å². The molecule has 0 saturated heterocycles. The first-order valence-electron chi connectivity index (χ1n) is 8.21. The lowest BCUT2D eigenvalue weighted by molar-refractivity contribution is -0.118. The first kappa shape index (κ1) is 16.9. The smallest absolute Gasteiger partial charge is 0.233 e. The van der Waals surface area contributed by atoms with E-state index in [4.69, 9.17) is 4.74 Å². The van der Waals surface area contributed by atoms with Crippen LogP contribution in [0.1, 0.15) is 43.6 Å². The van der Waals surface area contributed by atoms with Gasteiger partial charge in [-0.15, -0.1) is 11.3 Å². The Morgan fingerprint density at radius 1 is 1.46 bits per heavy atom. The van der Waals surface area contributed by atoms with Gasteiger partial charge in [-0.3, -0.25) is 4.79 Å². The molecule has 0 radical (unpaired) electrons. The molecule has 1 aromatic carbocycles. The summed E-state index contributed by atoms with van der Waals surface area (Å²) >= 11 is 1.38. The fourth-order valence-corrected chi connectivity index (χ4v) is 3.88. The van der Waals surface area contributed by atoms with Gasteiger partial charge in [0.15, 0.2) is 16.7 Å². The summed E-state index contributed by atoms with van der Waals surface area (Å²) in [6.07, 6.45) is 7.09. The predicted octanol–water partition coefficient (Wildman–Crippen LogP) is 4.59. The fraction of sp³-hybridized carbons (Fsp3) is 0.444. The van der Waals surface area contributed by atoms with Crippen molar-refractivity contribution < 1.29 is 13.9 Å². The maximum atomic E-state index is 14.1. The second-order valence-electron chi connectivity index (χ2n) is 6.16. The zero-order valence-electron chi connectivity index (χ0n) is 13.6. The number of nitrogens with one attached hydrogen (secondary N) is 1. The summed E-state index contributed by atoms with van der Waals surface area (Å²) in [6, 6.07) is 4.78. The summed E-state index contributed by atoms with van der Waals surface area (Å²) in [7, 11) is 1.43. The summed E-state index contributed by atoms with van der Waals surface area (Å²) in [5.74, 6) is -0.229. The van der Waals surface area contributed by atoms with Gasteiger partial charge in [0.05, 0.1) is 13.0 Å². The molecule has 1 fully saturated rings. The molecule has 1 aliphatic rings. The van der Waals surface area contributed by atoms with Gasteiger partial charge in [-0.2, -0.15) is 0 Å². The SMILES string of the molecule is COc1ccc(C(CC2CCCC2)C(=O)Nc2nccs2)cc1F. The predicted molar refractivity (Wildman–Crippen MR) is 93.0 cm³/mol. The number of carbonyl (C=O) groups is 1. The third kappa shape index (κ3) is 3.93. The van der Waals surface area contributed by atoms with E-state index in [1.54, 1.807) is 18.3 Å². The molecule has 128 valence electrons. The highest BCUT2D eigenvalue weighted by molar-refractivity contribution is 7.13. The van der Waals surface area contributed by atoms with Crippen LogP contribution >= 0.6 is 11.3 Å². The number of hydrogen-bond acceptors (Lipinski definition) is 4. The Labute approximate surface area is 145 Å². The lowest BCUT2D eigenvalue weighted by Crippen LogP contribution is -2.23. The Morgan fingerprint density at radius 2 is 2.25 bits per heavy atom. The third-order valence-electron chi connectivity index (χ3n) is 4.60. The molecule has 1 amide bonds. The summed E-state index contributed by atoms with van der Waals surface area (Å²) in [4.78, 5) is 16.9. The van der Waals surface area contributed by atoms with E-state index in [2.05, 4.69) is 10.3 Å². The summed E-state index contributed by atoms with van der Waals surface area (Å²) < 4.78 is 19.1. The molecule has 1 saturated carbocycles. The normalized spacial score (nSPS) is 16.1. The molecule has 0 spiro atoms. The van der Waals surface area contributed by atoms with Crippen LogP contribution in [0.15, 0.2) is 29.8 Å². The molecule has 24 heavy (non-hydrogen) atoms. The lowest BCUT2D eigenvalue weighted by Gasteiger charge is -2.20. The Bertz CT molecular complexity index is 684. The number of aromatic nitrogens is 1. The minimum Gasteiger partial charge on any atom is -0.494 e. The average molecular weight is 348 g/mol. The quantitative estimate of drug-likeness (QED) is 0.830. The van der Waals surface area contributed by atoms with Crippen LogP contribution in [0.5, 0.6) is 5.75 Å². The van der Waals surface area contributed by atoms with E-state index in [9.17, 15) is 9.18 Å². The number of rotatable bonds is 6. The molecule has 1 heterocycles. The summed E-state index contributed by atoms with van der Waals surface area (Å²) in [5, 5.41) is 5.25. The van der Waals surface area contributed by atoms with Crippen molar-refractivity contribution in [2.75, 3.05) is 12.4 Å². The van der Waals surface area contributed by atoms with Gasteiger partial charge in [-0.1, -0.05) is 31.7 Å². The number of hydrogen-bond donors (Lipinski definition) is 1. The molecule has 0 aliphatic heterocycles. The molecular weight excluding hydrogens is 327 g/mol. The van der Waals surface area contributed by atoms with E-state index in [-0.39, 0.29) is 17.6 Å². The van der Waals surface area contributed by atoms with E-state index < -0.39 is 5.82 Å². The zero-order valence-corrected chi connectivity index (χ0v) is 14.4. The number of anilines is 1. The van der Waals surface area contributed by atoms with Crippen molar-refractivity contribution in [2.24, 2.45) is 5.92 Å². The molecule has 1 atom stereocenters. The molecule has 1 aliphatic carbocycles. The van der Waals surface area contributed by atoms with Crippen molar-refractivity contribution in [3.63, 3.8) is 0 Å². The number of methoxy groups -OCH3 is 1. The number of benzene rings is 1. The lowest BCUT2D eigenvalue weighted by atomic mass is 9.87. The van der Waals surface area contributed by atoms with Gasteiger partial charge in [0.25, 0.3) is 0 Å². The first-order valence-corrected chi connectivity index (χ1v) is 9.09. The number of amides is 1. The van der Waals surface area contributed by atoms with E-state index in [1.807, 2.05) is 5.38 Å². The van der Waals surface area contributed by atoms with Crippen molar-refractivity contribution in [1.29, 1.82) is 0 Å². The summed E-state index contributed by atoms with van der Waals surface area (Å²) in [6.45, 7) is 0. The number of carbonyl (C=O) groups excluding carboxylic acids is 1. The highest BCUT2D eigenvalue weighted by Gasteiger charge is 2.27. The van der Waals surface area contributed by atoms with Crippen molar-refractivity contribution in [3.05, 3.63) is 41.2 Å².